The molecule has 0 radical (unpaired) electrons. The zero-order valence-electron chi connectivity index (χ0n) is 36.1. The van der Waals surface area contributed by atoms with Crippen LogP contribution in [0.4, 0.5) is 5.69 Å². The Kier molecular flexibility index (Phi) is 11.3. The Hall–Kier alpha value is -5.25. The Bertz CT molecular complexity index is 2500. The number of hydrogen-bond donors (Lipinski definition) is 6. The predicted molar refractivity (Wildman–Crippen MR) is 237 cm³/mol. The third-order valence-electron chi connectivity index (χ3n) is 15.6. The lowest BCUT2D eigenvalue weighted by atomic mass is 9.41. The van der Waals surface area contributed by atoms with Gasteiger partial charge in [-0.25, -0.2) is 4.79 Å². The number of phenols is 1. The SMILES string of the molecule is CC(O)CNc1cc(CO)cc(C2C#CC3CC(=O)Oc4cc(O)c(cc43)CC3OC(=O)C(=CC(O)Cc4cccc(c4)CC4C(=O)CC5C=CC6C7CCCCC7C3(O)C5C46)C2)c1. The zero-order chi connectivity index (χ0) is 44.4. The fourth-order valence-corrected chi connectivity index (χ4v) is 13.0. The molecule has 0 saturated heterocycles. The molecule has 7 aliphatic rings. The van der Waals surface area contributed by atoms with Gasteiger partial charge in [0.1, 0.15) is 29.0 Å². The van der Waals surface area contributed by atoms with Crippen LogP contribution in [0.5, 0.6) is 11.5 Å². The summed E-state index contributed by atoms with van der Waals surface area (Å²) in [5, 5.41) is 61.5. The number of ketones is 1. The van der Waals surface area contributed by atoms with Crippen molar-refractivity contribution >= 4 is 23.4 Å². The van der Waals surface area contributed by atoms with Gasteiger partial charge in [0.15, 0.2) is 0 Å². The average Bonchev–Trinajstić information content (AvgIpc) is 3.27. The number of fused-ring (bicyclic) bond motifs is 10. The third-order valence-corrected chi connectivity index (χ3v) is 15.6. The quantitative estimate of drug-likeness (QED) is 0.0769. The van der Waals surface area contributed by atoms with Gasteiger partial charge in [-0.1, -0.05) is 67.2 Å². The van der Waals surface area contributed by atoms with Gasteiger partial charge in [0.2, 0.25) is 0 Å². The number of carbonyl (C=O) groups excluding carboxylic acids is 3. The summed E-state index contributed by atoms with van der Waals surface area (Å²) in [5.41, 5.74) is 3.20. The summed E-state index contributed by atoms with van der Waals surface area (Å²) in [6.45, 7) is 1.62. The molecule has 3 saturated carbocycles. The Balaban J connectivity index is 1.19. The summed E-state index contributed by atoms with van der Waals surface area (Å²) >= 11 is 0. The first-order valence-corrected chi connectivity index (χ1v) is 23.2. The number of ether oxygens (including phenoxy) is 2. The Labute approximate surface area is 373 Å². The zero-order valence-corrected chi connectivity index (χ0v) is 36.1. The van der Waals surface area contributed by atoms with Crippen LogP contribution in [0.15, 0.2) is 78.4 Å². The number of esters is 2. The second kappa shape index (κ2) is 17.0. The highest BCUT2D eigenvalue weighted by Gasteiger charge is 2.67. The van der Waals surface area contributed by atoms with E-state index < -0.39 is 53.6 Å². The summed E-state index contributed by atoms with van der Waals surface area (Å²) in [6.07, 6.45) is 7.24. The van der Waals surface area contributed by atoms with Crippen molar-refractivity contribution in [2.75, 3.05) is 11.9 Å². The normalized spacial score (nSPS) is 34.4. The van der Waals surface area contributed by atoms with E-state index in [0.717, 1.165) is 30.4 Å². The van der Waals surface area contributed by atoms with Gasteiger partial charge in [0.05, 0.1) is 31.2 Å². The van der Waals surface area contributed by atoms with Gasteiger partial charge in [0, 0.05) is 66.5 Å². The van der Waals surface area contributed by atoms with E-state index in [9.17, 15) is 35.1 Å². The van der Waals surface area contributed by atoms with Crippen molar-refractivity contribution in [3.63, 3.8) is 0 Å². The number of hydrogen-bond acceptors (Lipinski definition) is 11. The molecule has 10 rings (SSSR count). The molecule has 3 fully saturated rings. The van der Waals surface area contributed by atoms with Crippen LogP contribution in [-0.2, 0) is 45.0 Å². The first kappa shape index (κ1) is 42.7. The van der Waals surface area contributed by atoms with E-state index in [2.05, 4.69) is 29.3 Å². The van der Waals surface area contributed by atoms with Crippen LogP contribution in [0.25, 0.3) is 0 Å². The molecule has 3 aliphatic heterocycles. The Morgan fingerprint density at radius 2 is 1.70 bits per heavy atom. The molecule has 64 heavy (non-hydrogen) atoms. The molecule has 11 heteroatoms. The largest absolute Gasteiger partial charge is 0.508 e. The minimum Gasteiger partial charge on any atom is -0.508 e. The summed E-state index contributed by atoms with van der Waals surface area (Å²) < 4.78 is 12.5. The Morgan fingerprint density at radius 1 is 0.906 bits per heavy atom. The van der Waals surface area contributed by atoms with Gasteiger partial charge in [-0.05, 0) is 114 Å². The number of phenolic OH excluding ortho intramolecular Hbond substituents is 1. The van der Waals surface area contributed by atoms with Gasteiger partial charge < -0.3 is 40.3 Å². The maximum atomic E-state index is 15.4. The molecular weight excluding hydrogens is 811 g/mol. The molecule has 0 aromatic heterocycles. The molecule has 13 atom stereocenters. The van der Waals surface area contributed by atoms with E-state index in [1.54, 1.807) is 19.1 Å². The van der Waals surface area contributed by atoms with E-state index in [4.69, 9.17) is 9.47 Å². The number of rotatable bonds is 5. The Morgan fingerprint density at radius 3 is 2.52 bits per heavy atom. The topological polar surface area (TPSA) is 183 Å². The summed E-state index contributed by atoms with van der Waals surface area (Å²) in [6, 6.07) is 16.6. The lowest BCUT2D eigenvalue weighted by Crippen LogP contribution is -2.70. The highest BCUT2D eigenvalue weighted by Crippen LogP contribution is 2.64. The number of Topliss-reactive ketones (excluding diaryl/α,β-unsaturated/α-hetero) is 1. The number of benzene rings is 3. The van der Waals surface area contributed by atoms with Crippen molar-refractivity contribution < 1.29 is 49.4 Å². The fraction of sp³-hybridized carbons (Fsp3) is 0.491. The van der Waals surface area contributed by atoms with Crippen LogP contribution < -0.4 is 10.1 Å². The highest BCUT2D eigenvalue weighted by molar-refractivity contribution is 5.89. The first-order chi connectivity index (χ1) is 30.9. The lowest BCUT2D eigenvalue weighted by molar-refractivity contribution is -0.247. The second-order valence-corrected chi connectivity index (χ2v) is 19.7. The minimum atomic E-state index is -1.62. The smallest absolute Gasteiger partial charge is 0.334 e. The van der Waals surface area contributed by atoms with Crippen LogP contribution >= 0.6 is 0 Å². The summed E-state index contributed by atoms with van der Waals surface area (Å²) in [4.78, 5) is 42.9. The van der Waals surface area contributed by atoms with Crippen molar-refractivity contribution in [2.24, 2.45) is 41.4 Å². The fourth-order valence-electron chi connectivity index (χ4n) is 13.0. The monoisotopic (exact) mass is 867 g/mol. The number of carbonyl (C=O) groups is 3. The van der Waals surface area contributed by atoms with E-state index in [1.165, 1.54) is 12.1 Å². The maximum absolute atomic E-state index is 15.4. The van der Waals surface area contributed by atoms with Crippen molar-refractivity contribution in [3.05, 3.63) is 112 Å². The third kappa shape index (κ3) is 7.76. The highest BCUT2D eigenvalue weighted by atomic mass is 16.6. The van der Waals surface area contributed by atoms with Gasteiger partial charge in [-0.3, -0.25) is 9.59 Å². The van der Waals surface area contributed by atoms with Crippen molar-refractivity contribution in [1.82, 2.24) is 0 Å². The second-order valence-electron chi connectivity index (χ2n) is 19.7. The molecule has 4 aliphatic carbocycles. The molecule has 13 unspecified atom stereocenters. The number of nitrogens with one attached hydrogen (secondary N) is 1. The first-order valence-electron chi connectivity index (χ1n) is 23.2. The van der Waals surface area contributed by atoms with Crippen LogP contribution in [0.3, 0.4) is 0 Å². The molecule has 0 spiro atoms. The van der Waals surface area contributed by atoms with Crippen LogP contribution in [0.1, 0.15) is 97.1 Å². The van der Waals surface area contributed by atoms with E-state index in [-0.39, 0.29) is 104 Å². The molecule has 3 aromatic carbocycles. The van der Waals surface area contributed by atoms with Crippen molar-refractivity contribution in [3.8, 4) is 23.3 Å². The van der Waals surface area contributed by atoms with Gasteiger partial charge in [-0.15, -0.1) is 0 Å². The summed E-state index contributed by atoms with van der Waals surface area (Å²) in [5.74, 6) is 2.83. The number of anilines is 1. The van der Waals surface area contributed by atoms with E-state index in [0.29, 0.717) is 40.8 Å². The number of allylic oxidation sites excluding steroid dienone is 2. The molecule has 12 bridgehead atoms. The maximum Gasteiger partial charge on any atom is 0.334 e. The molecule has 3 aromatic rings. The number of aromatic hydroxyl groups is 1. The standard InChI is InChI=1S/C53H57NO10/c1-28(56)26-54-38-15-31(27-55)14-35(19-38)32-9-10-33-24-49(60)63-47-25-45(58)36(21-42(33)47)23-48-53(62)44-8-3-2-7-40(44)41-12-11-34-22-46(59)43(50(41)51(34)53)17-30-6-4-5-29(13-30)16-39(57)20-37(18-32)52(61)64-48/h4-6,11-15,19-21,25,28,32-34,39-41,43-44,48,50-51,54-58,62H,2-3,7-8,16-18,22-24,26-27H2,1H3. The van der Waals surface area contributed by atoms with E-state index >= 15 is 4.79 Å². The van der Waals surface area contributed by atoms with E-state index in [1.807, 2.05) is 36.4 Å². The van der Waals surface area contributed by atoms with Gasteiger partial charge in [0.25, 0.3) is 0 Å². The molecule has 6 N–H and O–H groups in total. The molecule has 0 amide bonds. The van der Waals surface area contributed by atoms with Crippen LogP contribution in [0, 0.1) is 53.3 Å². The predicted octanol–water partition coefficient (Wildman–Crippen LogP) is 5.98. The number of aliphatic hydroxyl groups is 4. The molecule has 334 valence electrons. The van der Waals surface area contributed by atoms with Crippen LogP contribution in [-0.4, -0.2) is 73.7 Å². The minimum absolute atomic E-state index is 0.0295. The molecular formula is C53H57NO10. The average molecular weight is 868 g/mol. The van der Waals surface area contributed by atoms with Crippen LogP contribution in [0.2, 0.25) is 0 Å². The molecule has 11 nitrogen and oxygen atoms in total. The van der Waals surface area contributed by atoms with Crippen molar-refractivity contribution in [1.29, 1.82) is 0 Å². The lowest BCUT2D eigenvalue weighted by Gasteiger charge is -2.65. The van der Waals surface area contributed by atoms with Gasteiger partial charge >= 0.3 is 11.9 Å². The van der Waals surface area contributed by atoms with Crippen molar-refractivity contribution in [2.45, 2.75) is 113 Å². The number of aliphatic hydroxyl groups excluding tert-OH is 3. The summed E-state index contributed by atoms with van der Waals surface area (Å²) in [7, 11) is 0. The molecule has 3 heterocycles. The van der Waals surface area contributed by atoms with Gasteiger partial charge in [-0.2, -0.15) is 0 Å².